The van der Waals surface area contributed by atoms with E-state index in [-0.39, 0.29) is 35.9 Å². The number of likely N-dealkylation sites (tertiary alicyclic amines) is 1. The van der Waals surface area contributed by atoms with Gasteiger partial charge in [0.2, 0.25) is 5.91 Å². The van der Waals surface area contributed by atoms with Crippen molar-refractivity contribution in [3.63, 3.8) is 0 Å². The molecule has 166 valence electrons. The molecule has 0 spiro atoms. The van der Waals surface area contributed by atoms with E-state index in [0.29, 0.717) is 11.8 Å². The zero-order valence-corrected chi connectivity index (χ0v) is 20.3. The Morgan fingerprint density at radius 2 is 1.97 bits per heavy atom. The minimum atomic E-state index is 0. The normalized spacial score (nSPS) is 24.4. The summed E-state index contributed by atoms with van der Waals surface area (Å²) >= 11 is 0. The molecule has 1 saturated carbocycles. The van der Waals surface area contributed by atoms with Crippen LogP contribution in [0, 0.1) is 5.92 Å². The molecule has 1 saturated heterocycles. The van der Waals surface area contributed by atoms with Gasteiger partial charge in [-0.1, -0.05) is 37.5 Å². The third kappa shape index (κ3) is 5.59. The third-order valence-electron chi connectivity index (χ3n) is 6.62. The van der Waals surface area contributed by atoms with Crippen LogP contribution in [0.1, 0.15) is 56.4 Å². The summed E-state index contributed by atoms with van der Waals surface area (Å²) in [5.74, 6) is 2.88. The summed E-state index contributed by atoms with van der Waals surface area (Å²) in [7, 11) is 1.81. The maximum atomic E-state index is 12.8. The minimum absolute atomic E-state index is 0. The van der Waals surface area contributed by atoms with Gasteiger partial charge in [-0.3, -0.25) is 9.79 Å². The average Bonchev–Trinajstić information content (AvgIpc) is 3.25. The van der Waals surface area contributed by atoms with Gasteiger partial charge < -0.3 is 20.3 Å². The summed E-state index contributed by atoms with van der Waals surface area (Å²) in [6.07, 6.45) is 7.84. The summed E-state index contributed by atoms with van der Waals surface area (Å²) in [5.41, 5.74) is 1.27. The van der Waals surface area contributed by atoms with Gasteiger partial charge in [-0.15, -0.1) is 24.0 Å². The predicted molar refractivity (Wildman–Crippen MR) is 131 cm³/mol. The molecule has 1 aliphatic carbocycles. The Labute approximate surface area is 197 Å². The number of fused-ring (bicyclic) bond motifs is 1. The lowest BCUT2D eigenvalue weighted by Gasteiger charge is -2.27. The number of aliphatic imine (C=N–C) groups is 1. The fourth-order valence-corrected chi connectivity index (χ4v) is 4.92. The highest BCUT2D eigenvalue weighted by Crippen LogP contribution is 2.32. The maximum Gasteiger partial charge on any atom is 0.225 e. The molecule has 6 nitrogen and oxygen atoms in total. The number of rotatable bonds is 4. The molecule has 2 aliphatic heterocycles. The number of para-hydroxylation sites is 1. The Balaban J connectivity index is 0.00000256. The zero-order valence-electron chi connectivity index (χ0n) is 17.9. The van der Waals surface area contributed by atoms with Crippen LogP contribution in [0.25, 0.3) is 0 Å². The molecule has 1 aromatic rings. The molecule has 30 heavy (non-hydrogen) atoms. The number of carbonyl (C=O) groups excluding carboxylic acids is 1. The summed E-state index contributed by atoms with van der Waals surface area (Å²) in [4.78, 5) is 19.3. The summed E-state index contributed by atoms with van der Waals surface area (Å²) in [6, 6.07) is 8.57. The van der Waals surface area contributed by atoms with Crippen LogP contribution in [0.5, 0.6) is 5.75 Å². The first-order valence-electron chi connectivity index (χ1n) is 11.2. The van der Waals surface area contributed by atoms with Crippen LogP contribution in [-0.4, -0.2) is 56.1 Å². The van der Waals surface area contributed by atoms with Gasteiger partial charge in [-0.2, -0.15) is 0 Å². The number of hydrogen-bond donors (Lipinski definition) is 2. The Morgan fingerprint density at radius 1 is 1.17 bits per heavy atom. The first-order valence-corrected chi connectivity index (χ1v) is 11.2. The van der Waals surface area contributed by atoms with Crippen molar-refractivity contribution in [1.29, 1.82) is 0 Å². The molecule has 7 heteroatoms. The molecule has 2 heterocycles. The Hall–Kier alpha value is -1.51. The molecule has 2 N–H and O–H groups in total. The van der Waals surface area contributed by atoms with E-state index in [9.17, 15) is 4.79 Å². The minimum Gasteiger partial charge on any atom is -0.493 e. The lowest BCUT2D eigenvalue weighted by Crippen LogP contribution is -2.46. The number of carbonyl (C=O) groups is 1. The fourth-order valence-electron chi connectivity index (χ4n) is 4.92. The van der Waals surface area contributed by atoms with Crippen molar-refractivity contribution in [2.45, 2.75) is 56.9 Å². The van der Waals surface area contributed by atoms with Gasteiger partial charge in [0.15, 0.2) is 5.96 Å². The quantitative estimate of drug-likeness (QED) is 0.358. The van der Waals surface area contributed by atoms with Crippen LogP contribution >= 0.6 is 24.0 Å². The maximum absolute atomic E-state index is 12.8. The third-order valence-corrected chi connectivity index (χ3v) is 6.62. The topological polar surface area (TPSA) is 66.0 Å². The van der Waals surface area contributed by atoms with Crippen molar-refractivity contribution < 1.29 is 9.53 Å². The highest BCUT2D eigenvalue weighted by molar-refractivity contribution is 14.0. The molecule has 2 fully saturated rings. The van der Waals surface area contributed by atoms with E-state index in [1.165, 1.54) is 24.8 Å². The molecule has 1 amide bonds. The number of nitrogens with one attached hydrogen (secondary N) is 2. The van der Waals surface area contributed by atoms with Crippen molar-refractivity contribution in [3.05, 3.63) is 29.8 Å². The second kappa shape index (κ2) is 11.2. The summed E-state index contributed by atoms with van der Waals surface area (Å²) in [5, 5.41) is 7.02. The van der Waals surface area contributed by atoms with Gasteiger partial charge in [-0.05, 0) is 37.3 Å². The van der Waals surface area contributed by atoms with Crippen molar-refractivity contribution in [2.75, 3.05) is 33.3 Å². The van der Waals surface area contributed by atoms with Crippen LogP contribution in [0.3, 0.4) is 0 Å². The molecular weight excluding hydrogens is 491 g/mol. The lowest BCUT2D eigenvalue weighted by molar-refractivity contribution is -0.135. The van der Waals surface area contributed by atoms with Crippen molar-refractivity contribution >= 4 is 35.8 Å². The number of guanidine groups is 1. The summed E-state index contributed by atoms with van der Waals surface area (Å²) in [6.45, 7) is 3.24. The number of amides is 1. The predicted octanol–water partition coefficient (Wildman–Crippen LogP) is 3.52. The van der Waals surface area contributed by atoms with Crippen LogP contribution in [-0.2, 0) is 4.79 Å². The first-order chi connectivity index (χ1) is 14.2. The fraction of sp³-hybridized carbons (Fsp3) is 0.652. The lowest BCUT2D eigenvalue weighted by atomic mass is 9.88. The van der Waals surface area contributed by atoms with E-state index in [1.54, 1.807) is 0 Å². The highest BCUT2D eigenvalue weighted by Gasteiger charge is 2.32. The van der Waals surface area contributed by atoms with E-state index >= 15 is 0 Å². The average molecular weight is 526 g/mol. The van der Waals surface area contributed by atoms with Crippen LogP contribution in [0.4, 0.5) is 0 Å². The van der Waals surface area contributed by atoms with Crippen molar-refractivity contribution in [1.82, 2.24) is 15.5 Å². The Kier molecular flexibility index (Phi) is 8.65. The number of benzene rings is 1. The summed E-state index contributed by atoms with van der Waals surface area (Å²) < 4.78 is 5.77. The standard InChI is InChI=1S/C23H34N4O2.HI/c1-24-23(25-15-18-12-14-29-21-10-6-5-9-20(18)21)26-19-11-13-27(16-19)22(28)17-7-3-2-4-8-17;/h5-6,9-10,17-19H,2-4,7-8,11-16H2,1H3,(H2,24,25,26);1H. The van der Waals surface area contributed by atoms with Crippen molar-refractivity contribution in [2.24, 2.45) is 10.9 Å². The van der Waals surface area contributed by atoms with Crippen LogP contribution in [0.15, 0.2) is 29.3 Å². The molecule has 1 aromatic carbocycles. The molecule has 3 aliphatic rings. The van der Waals surface area contributed by atoms with E-state index in [2.05, 4.69) is 32.7 Å². The van der Waals surface area contributed by atoms with E-state index in [4.69, 9.17) is 4.74 Å². The van der Waals surface area contributed by atoms with Gasteiger partial charge in [0.25, 0.3) is 0 Å². The number of nitrogens with zero attached hydrogens (tertiary/aromatic N) is 2. The SMILES string of the molecule is CN=C(NCC1CCOc2ccccc21)NC1CCN(C(=O)C2CCCCC2)C1.I. The molecule has 2 atom stereocenters. The van der Waals surface area contributed by atoms with Crippen LogP contribution in [0.2, 0.25) is 0 Å². The second-order valence-corrected chi connectivity index (χ2v) is 8.57. The monoisotopic (exact) mass is 526 g/mol. The molecule has 4 rings (SSSR count). The molecular formula is C23H35IN4O2. The van der Waals surface area contributed by atoms with E-state index in [1.807, 2.05) is 19.2 Å². The van der Waals surface area contributed by atoms with Crippen LogP contribution < -0.4 is 15.4 Å². The Morgan fingerprint density at radius 3 is 2.77 bits per heavy atom. The van der Waals surface area contributed by atoms with E-state index < -0.39 is 0 Å². The zero-order chi connectivity index (χ0) is 20.1. The number of ether oxygens (including phenoxy) is 1. The molecule has 0 bridgehead atoms. The number of hydrogen-bond acceptors (Lipinski definition) is 3. The highest BCUT2D eigenvalue weighted by atomic mass is 127. The van der Waals surface area contributed by atoms with Gasteiger partial charge >= 0.3 is 0 Å². The smallest absolute Gasteiger partial charge is 0.225 e. The van der Waals surface area contributed by atoms with E-state index in [0.717, 1.165) is 63.6 Å². The van der Waals surface area contributed by atoms with Gasteiger partial charge in [0.05, 0.1) is 6.61 Å². The molecule has 0 radical (unpaired) electrons. The van der Waals surface area contributed by atoms with Gasteiger partial charge in [0, 0.05) is 44.6 Å². The van der Waals surface area contributed by atoms with Gasteiger partial charge in [-0.25, -0.2) is 0 Å². The second-order valence-electron chi connectivity index (χ2n) is 8.57. The molecule has 0 aromatic heterocycles. The van der Waals surface area contributed by atoms with Gasteiger partial charge in [0.1, 0.15) is 5.75 Å². The molecule has 2 unspecified atom stereocenters. The Bertz CT molecular complexity index is 736. The largest absolute Gasteiger partial charge is 0.493 e. The number of halogens is 1. The first kappa shape index (κ1) is 23.2. The van der Waals surface area contributed by atoms with Crippen molar-refractivity contribution in [3.8, 4) is 5.75 Å².